The van der Waals surface area contributed by atoms with Crippen molar-refractivity contribution >= 4 is 45.7 Å². The van der Waals surface area contributed by atoms with E-state index < -0.39 is 63.7 Å². The average Bonchev–Trinajstić information content (AvgIpc) is 2.74. The summed E-state index contributed by atoms with van der Waals surface area (Å²) in [6.07, 6.45) is 0. The number of amides is 1. The molecule has 0 saturated heterocycles. The van der Waals surface area contributed by atoms with E-state index in [1.807, 2.05) is 0 Å². The minimum atomic E-state index is -1.46. The van der Waals surface area contributed by atoms with Crippen molar-refractivity contribution in [3.8, 4) is 0 Å². The second-order valence-electron chi connectivity index (χ2n) is 11.1. The van der Waals surface area contributed by atoms with Crippen molar-refractivity contribution in [1.29, 1.82) is 0 Å². The molecule has 1 amide bonds. The molecule has 13 heteroatoms. The average molecular weight is 555 g/mol. The number of carbonyl (C=O) groups excluding carboxylic acids is 4. The Morgan fingerprint density at radius 2 is 1.35 bits per heavy atom. The van der Waals surface area contributed by atoms with Gasteiger partial charge in [0.15, 0.2) is 0 Å². The molecular formula is C24H38N2O9Si2. The zero-order valence-electron chi connectivity index (χ0n) is 22.8. The first-order valence-electron chi connectivity index (χ1n) is 12.0. The van der Waals surface area contributed by atoms with Gasteiger partial charge in [0, 0.05) is 34.7 Å². The normalized spacial score (nSPS) is 11.4. The highest BCUT2D eigenvalue weighted by molar-refractivity contribution is 6.76. The van der Waals surface area contributed by atoms with E-state index in [4.69, 9.17) is 14.2 Å². The lowest BCUT2D eigenvalue weighted by atomic mass is 10.1. The SMILES string of the molecule is CC(=O)OCc1ccc(C(=O)N(CC(=O)OCC[Si](C)(C)C)CC(=O)OCC[Si](C)(C)C)cc1[N+](=O)[O-]. The van der Waals surface area contributed by atoms with Crippen molar-refractivity contribution in [2.75, 3.05) is 26.3 Å². The van der Waals surface area contributed by atoms with Crippen LogP contribution in [0.1, 0.15) is 22.8 Å². The van der Waals surface area contributed by atoms with E-state index in [-0.39, 0.29) is 30.9 Å². The molecule has 0 saturated carbocycles. The molecule has 37 heavy (non-hydrogen) atoms. The highest BCUT2D eigenvalue weighted by atomic mass is 28.3. The number of esters is 3. The summed E-state index contributed by atoms with van der Waals surface area (Å²) in [6, 6.07) is 5.11. The van der Waals surface area contributed by atoms with Gasteiger partial charge in [0.05, 0.1) is 23.7 Å². The standard InChI is InChI=1S/C24H38N2O9Si2/c1-18(27)35-17-20-9-8-19(14-21(20)26(31)32)24(30)25(15-22(28)33-10-12-36(2,3)4)16-23(29)34-11-13-37(5,6)7/h8-9,14H,10-13,15-17H2,1-7H3. The van der Waals surface area contributed by atoms with Crippen LogP contribution >= 0.6 is 0 Å². The van der Waals surface area contributed by atoms with Crippen LogP contribution in [-0.2, 0) is 35.2 Å². The van der Waals surface area contributed by atoms with Gasteiger partial charge in [-0.1, -0.05) is 39.3 Å². The summed E-state index contributed by atoms with van der Waals surface area (Å²) in [6.45, 7) is 13.0. The molecule has 0 bridgehead atoms. The Hall–Kier alpha value is -3.07. The molecular weight excluding hydrogens is 516 g/mol. The fourth-order valence-corrected chi connectivity index (χ4v) is 4.32. The molecule has 0 radical (unpaired) electrons. The molecule has 1 aromatic carbocycles. The Kier molecular flexibility index (Phi) is 12.1. The zero-order chi connectivity index (χ0) is 28.4. The Balaban J connectivity index is 3.10. The minimum absolute atomic E-state index is 0.0970. The third kappa shape index (κ3) is 13.2. The van der Waals surface area contributed by atoms with Gasteiger partial charge in [-0.25, -0.2) is 0 Å². The molecule has 0 spiro atoms. The summed E-state index contributed by atoms with van der Waals surface area (Å²) in [7, 11) is -2.91. The maximum absolute atomic E-state index is 13.3. The number of nitrogens with zero attached hydrogens (tertiary/aromatic N) is 2. The molecule has 1 rings (SSSR count). The van der Waals surface area contributed by atoms with Gasteiger partial charge >= 0.3 is 17.9 Å². The fraction of sp³-hybridized carbons (Fsp3) is 0.583. The van der Waals surface area contributed by atoms with Crippen LogP contribution in [0.15, 0.2) is 18.2 Å². The van der Waals surface area contributed by atoms with E-state index >= 15 is 0 Å². The third-order valence-corrected chi connectivity index (χ3v) is 8.53. The molecule has 0 aliphatic carbocycles. The van der Waals surface area contributed by atoms with E-state index in [0.717, 1.165) is 23.1 Å². The summed E-state index contributed by atoms with van der Waals surface area (Å²) in [5, 5.41) is 11.6. The van der Waals surface area contributed by atoms with E-state index in [1.165, 1.54) is 19.1 Å². The molecule has 0 atom stereocenters. The lowest BCUT2D eigenvalue weighted by molar-refractivity contribution is -0.385. The topological polar surface area (TPSA) is 142 Å². The van der Waals surface area contributed by atoms with Crippen LogP contribution in [0, 0.1) is 10.1 Å². The van der Waals surface area contributed by atoms with Crippen LogP contribution in [0.5, 0.6) is 0 Å². The number of hydrogen-bond donors (Lipinski definition) is 0. The van der Waals surface area contributed by atoms with E-state index in [2.05, 4.69) is 39.3 Å². The first-order chi connectivity index (χ1) is 17.0. The molecule has 0 aromatic heterocycles. The van der Waals surface area contributed by atoms with Gasteiger partial charge in [-0.2, -0.15) is 0 Å². The number of carbonyl (C=O) groups is 4. The largest absolute Gasteiger partial charge is 0.465 e. The van der Waals surface area contributed by atoms with Crippen molar-refractivity contribution in [2.24, 2.45) is 0 Å². The molecule has 0 fully saturated rings. The summed E-state index contributed by atoms with van der Waals surface area (Å²) >= 11 is 0. The molecule has 1 aromatic rings. The predicted molar refractivity (Wildman–Crippen MR) is 143 cm³/mol. The maximum atomic E-state index is 13.3. The monoisotopic (exact) mass is 554 g/mol. The van der Waals surface area contributed by atoms with Crippen LogP contribution in [0.2, 0.25) is 51.4 Å². The van der Waals surface area contributed by atoms with E-state index in [1.54, 1.807) is 0 Å². The van der Waals surface area contributed by atoms with Gasteiger partial charge in [0.2, 0.25) is 0 Å². The summed E-state index contributed by atoms with van der Waals surface area (Å²) < 4.78 is 15.4. The second kappa shape index (κ2) is 14.0. The van der Waals surface area contributed by atoms with Gasteiger partial charge in [-0.3, -0.25) is 29.3 Å². The lowest BCUT2D eigenvalue weighted by Crippen LogP contribution is -2.41. The highest BCUT2D eigenvalue weighted by Crippen LogP contribution is 2.22. The molecule has 0 N–H and O–H groups in total. The van der Waals surface area contributed by atoms with Gasteiger partial charge in [-0.15, -0.1) is 0 Å². The lowest BCUT2D eigenvalue weighted by Gasteiger charge is -2.22. The van der Waals surface area contributed by atoms with Crippen molar-refractivity contribution < 1.29 is 38.3 Å². The smallest absolute Gasteiger partial charge is 0.325 e. The number of rotatable bonds is 14. The number of ether oxygens (including phenoxy) is 3. The van der Waals surface area contributed by atoms with Crippen molar-refractivity contribution in [3.63, 3.8) is 0 Å². The van der Waals surface area contributed by atoms with Crippen molar-refractivity contribution in [2.45, 2.75) is 64.9 Å². The molecule has 0 aliphatic rings. The highest BCUT2D eigenvalue weighted by Gasteiger charge is 2.26. The van der Waals surface area contributed by atoms with Crippen LogP contribution in [0.3, 0.4) is 0 Å². The summed E-state index contributed by atoms with van der Waals surface area (Å²) in [5.74, 6) is -2.77. The van der Waals surface area contributed by atoms with Gasteiger partial charge in [0.25, 0.3) is 11.6 Å². The minimum Gasteiger partial charge on any atom is -0.465 e. The number of hydrogen-bond acceptors (Lipinski definition) is 9. The summed E-state index contributed by atoms with van der Waals surface area (Å²) in [4.78, 5) is 61.1. The van der Waals surface area contributed by atoms with Crippen LogP contribution in [0.4, 0.5) is 5.69 Å². The molecule has 11 nitrogen and oxygen atoms in total. The van der Waals surface area contributed by atoms with Crippen LogP contribution in [-0.4, -0.2) is 76.1 Å². The van der Waals surface area contributed by atoms with E-state index in [9.17, 15) is 29.3 Å². The number of nitro benzene ring substituents is 1. The summed E-state index contributed by atoms with van der Waals surface area (Å²) in [5.41, 5.74) is -0.439. The second-order valence-corrected chi connectivity index (χ2v) is 22.3. The maximum Gasteiger partial charge on any atom is 0.325 e. The number of benzene rings is 1. The Labute approximate surface area is 219 Å². The van der Waals surface area contributed by atoms with Crippen LogP contribution in [0.25, 0.3) is 0 Å². The fourth-order valence-electron chi connectivity index (χ4n) is 2.90. The Morgan fingerprint density at radius 3 is 1.76 bits per heavy atom. The first-order valence-corrected chi connectivity index (χ1v) is 19.4. The third-order valence-electron chi connectivity index (χ3n) is 5.12. The Morgan fingerprint density at radius 1 is 0.865 bits per heavy atom. The van der Waals surface area contributed by atoms with Gasteiger partial charge < -0.3 is 19.1 Å². The molecule has 0 heterocycles. The van der Waals surface area contributed by atoms with Crippen molar-refractivity contribution in [3.05, 3.63) is 39.4 Å². The molecule has 0 unspecified atom stereocenters. The van der Waals surface area contributed by atoms with E-state index in [0.29, 0.717) is 0 Å². The first kappa shape index (κ1) is 32.0. The van der Waals surface area contributed by atoms with Gasteiger partial charge in [-0.05, 0) is 24.2 Å². The molecule has 0 aliphatic heterocycles. The number of nitro groups is 1. The molecule has 206 valence electrons. The van der Waals surface area contributed by atoms with Crippen molar-refractivity contribution in [1.82, 2.24) is 4.90 Å². The van der Waals surface area contributed by atoms with Gasteiger partial charge in [0.1, 0.15) is 19.7 Å². The predicted octanol–water partition coefficient (Wildman–Crippen LogP) is 3.86. The van der Waals surface area contributed by atoms with Crippen LogP contribution < -0.4 is 0 Å². The zero-order valence-corrected chi connectivity index (χ0v) is 24.8. The quantitative estimate of drug-likeness (QED) is 0.110. The Bertz CT molecular complexity index is 967.